The first-order valence-corrected chi connectivity index (χ1v) is 34.2. The van der Waals surface area contributed by atoms with Gasteiger partial charge in [0, 0.05) is 27.1 Å². The molecule has 18 unspecified atom stereocenters. The van der Waals surface area contributed by atoms with Gasteiger partial charge in [-0.2, -0.15) is 0 Å². The smallest absolute Gasteiger partial charge is 0.325 e. The average Bonchev–Trinajstić information content (AvgIpc) is 1.66. The van der Waals surface area contributed by atoms with Gasteiger partial charge in [0.05, 0.1) is 51.2 Å². The summed E-state index contributed by atoms with van der Waals surface area (Å²) in [4.78, 5) is 97.5. The number of nitrogen functional groups attached to an aromatic ring is 4. The highest BCUT2D eigenvalue weighted by Crippen LogP contribution is 2.55. The Morgan fingerprint density at radius 1 is 0.517 bits per heavy atom. The molecule has 12 heterocycles. The van der Waals surface area contributed by atoms with Crippen molar-refractivity contribution < 1.29 is 90.4 Å². The zero-order valence-corrected chi connectivity index (χ0v) is 51.2. The lowest BCUT2D eigenvalue weighted by Crippen LogP contribution is -2.38. The van der Waals surface area contributed by atoms with Crippen molar-refractivity contribution >= 4 is 129 Å². The molecule has 478 valence electrons. The second-order valence-corrected chi connectivity index (χ2v) is 28.7. The molecule has 8 aromatic rings. The third-order valence-electron chi connectivity index (χ3n) is 14.9. The molecule has 0 bridgehead atoms. The molecule has 0 aliphatic carbocycles. The minimum atomic E-state index is -4.54. The number of carboxylic acids is 1. The number of methoxy groups -OCH3 is 2. The molecule has 0 saturated carbocycles. The average molecular weight is 1360 g/mol. The summed E-state index contributed by atoms with van der Waals surface area (Å²) in [7, 11) is 2.60. The van der Waals surface area contributed by atoms with Crippen LogP contribution in [0.4, 0.5) is 23.3 Å². The molecule has 89 heavy (non-hydrogen) atoms. The summed E-state index contributed by atoms with van der Waals surface area (Å²) in [6, 6.07) is 0. The molecular formula is C44H55N20O19P3S3. The highest BCUT2D eigenvalue weighted by atomic mass is 32.5. The number of imidazole rings is 4. The first-order valence-electron chi connectivity index (χ1n) is 26.5. The highest BCUT2D eigenvalue weighted by Gasteiger charge is 2.54. The van der Waals surface area contributed by atoms with Crippen molar-refractivity contribution in [2.45, 2.75) is 111 Å². The lowest BCUT2D eigenvalue weighted by atomic mass is 10.1. The number of carboxylic acid groups (broad SMARTS) is 1. The van der Waals surface area contributed by atoms with Crippen LogP contribution in [0.25, 0.3) is 44.7 Å². The van der Waals surface area contributed by atoms with E-state index in [4.69, 9.17) is 114 Å². The zero-order valence-electron chi connectivity index (χ0n) is 46.0. The Morgan fingerprint density at radius 3 is 1.27 bits per heavy atom. The first-order chi connectivity index (χ1) is 42.5. The fourth-order valence-electron chi connectivity index (χ4n) is 10.8. The molecule has 8 aromatic heterocycles. The molecule has 18 atom stereocenters. The molecule has 14 N–H and O–H groups in total. The molecule has 4 aliphatic heterocycles. The number of carbonyl (C=O) groups is 1. The molecule has 39 nitrogen and oxygen atoms in total. The summed E-state index contributed by atoms with van der Waals surface area (Å²) >= 11 is 16.8. The molecular weight excluding hydrogens is 1300 g/mol. The lowest BCUT2D eigenvalue weighted by molar-refractivity contribution is -0.138. The summed E-state index contributed by atoms with van der Waals surface area (Å²) in [5.74, 6) is -0.860. The van der Waals surface area contributed by atoms with Gasteiger partial charge in [-0.25, -0.2) is 59.8 Å². The fraction of sp³-hybridized carbons (Fsp3) is 0.523. The first kappa shape index (κ1) is 63.3. The number of aliphatic hydroxyl groups excluding tert-OH is 2. The minimum absolute atomic E-state index is 0.0169. The van der Waals surface area contributed by atoms with Crippen molar-refractivity contribution in [3.63, 3.8) is 0 Å². The largest absolute Gasteiger partial charge is 0.481 e. The molecule has 0 radical (unpaired) electrons. The molecule has 4 fully saturated rings. The normalized spacial score (nSPS) is 30.2. The van der Waals surface area contributed by atoms with Gasteiger partial charge in [0.25, 0.3) is 0 Å². The van der Waals surface area contributed by atoms with Crippen molar-refractivity contribution in [1.82, 2.24) is 78.1 Å². The van der Waals surface area contributed by atoms with E-state index in [9.17, 15) is 34.8 Å². The molecule has 0 amide bonds. The van der Waals surface area contributed by atoms with E-state index in [0.29, 0.717) is 0 Å². The molecule has 0 aromatic carbocycles. The monoisotopic (exact) mass is 1360 g/mol. The topological polar surface area (TPSA) is 528 Å². The van der Waals surface area contributed by atoms with Crippen molar-refractivity contribution in [3.8, 4) is 0 Å². The van der Waals surface area contributed by atoms with Crippen LogP contribution in [0.5, 0.6) is 0 Å². The van der Waals surface area contributed by atoms with Crippen LogP contribution in [0, 0.1) is 0 Å². The number of nitrogens with two attached hydrogens (primary N) is 4. The van der Waals surface area contributed by atoms with E-state index in [1.807, 2.05) is 0 Å². The summed E-state index contributed by atoms with van der Waals surface area (Å²) in [5.41, 5.74) is 25.9. The summed E-state index contributed by atoms with van der Waals surface area (Å²) in [6.07, 6.45) is -8.79. The number of anilines is 4. The SMILES string of the molecule is COC1C(COP(O)(=S)OC2CC(CCC(=O)O)OC2n2cnc3c(N)ncnc32)OC(n2cnc3c(N)ncnc32)C1OP(O)(=S)OCC1OC(n2cnc3c(N)ncnc32)C(OP(O)(=S)OCC2OC(n3cnc4c(N)ncnc43)C(O)C2O)C1OC. The number of rotatable bonds is 24. The maximum absolute atomic E-state index is 12.1. The summed E-state index contributed by atoms with van der Waals surface area (Å²) in [5, 5.41) is 31.7. The number of ether oxygens (including phenoxy) is 6. The van der Waals surface area contributed by atoms with E-state index in [0.717, 1.165) is 0 Å². The predicted octanol–water partition coefficient (Wildman–Crippen LogP) is -0.873. The Bertz CT molecular complexity index is 4080. The van der Waals surface area contributed by atoms with E-state index >= 15 is 0 Å². The van der Waals surface area contributed by atoms with Crippen LogP contribution in [-0.4, -0.2) is 215 Å². The van der Waals surface area contributed by atoms with Gasteiger partial charge in [0.2, 0.25) is 0 Å². The van der Waals surface area contributed by atoms with Gasteiger partial charge in [0.1, 0.15) is 108 Å². The van der Waals surface area contributed by atoms with Gasteiger partial charge < -0.3 is 99.5 Å². The maximum atomic E-state index is 12.1. The van der Waals surface area contributed by atoms with E-state index in [1.165, 1.54) is 83.1 Å². The van der Waals surface area contributed by atoms with Crippen molar-refractivity contribution in [2.24, 2.45) is 0 Å². The third kappa shape index (κ3) is 12.7. The third-order valence-corrected chi connectivity index (χ3v) is 19.6. The molecule has 0 spiro atoms. The Kier molecular flexibility index (Phi) is 18.0. The van der Waals surface area contributed by atoms with Crippen LogP contribution in [0.2, 0.25) is 0 Å². The molecule has 12 rings (SSSR count). The second kappa shape index (κ2) is 25.3. The van der Waals surface area contributed by atoms with E-state index in [1.54, 1.807) is 0 Å². The molecule has 45 heteroatoms. The Morgan fingerprint density at radius 2 is 0.876 bits per heavy atom. The van der Waals surface area contributed by atoms with Crippen molar-refractivity contribution in [3.05, 3.63) is 50.6 Å². The number of aliphatic hydroxyl groups is 2. The Balaban J connectivity index is 0.763. The van der Waals surface area contributed by atoms with Crippen LogP contribution in [0.15, 0.2) is 50.6 Å². The van der Waals surface area contributed by atoms with Crippen LogP contribution in [0.1, 0.15) is 44.2 Å². The van der Waals surface area contributed by atoms with Crippen LogP contribution in [0.3, 0.4) is 0 Å². The van der Waals surface area contributed by atoms with Crippen molar-refractivity contribution in [1.29, 1.82) is 0 Å². The lowest BCUT2D eigenvalue weighted by Gasteiger charge is -2.29. The van der Waals surface area contributed by atoms with Crippen LogP contribution >= 0.6 is 20.2 Å². The van der Waals surface area contributed by atoms with Crippen molar-refractivity contribution in [2.75, 3.05) is 57.0 Å². The maximum Gasteiger partial charge on any atom is 0.325 e. The summed E-state index contributed by atoms with van der Waals surface area (Å²) in [6.45, 7) is -15.0. The number of aromatic nitrogens is 16. The molecule has 4 aliphatic rings. The fourth-order valence-corrected chi connectivity index (χ4v) is 15.1. The standard InChI is InChI=1S/C44H55N20O19P3S3/c1-72-29-20(7-75-84(69,87)81-18-5-17(3-4-22(65)66)77-41(18)61-13-57-23-33(45)49-9-53-37(23)61)79-44(64-16-60-26-36(48)52-12-56-40(26)64)32(29)83-86(71,89)76-8-21-30(73-2)31(43(80-21)63-15-59-25-35(47)51-11-55-39(25)63)82-85(70,88)74-6-19-27(67)28(68)42(78-19)62-14-58-24-34(46)50-10-54-38(24)62/h9-21,27-32,41-44,67-68H,3-8H2,1-2H3,(H,65,66)(H,69,87)(H,70,88)(H,71,89)(H2,45,49,53)(H2,46,50,54)(H2,47,51,55)(H2,48,52,56). The Labute approximate surface area is 514 Å². The van der Waals surface area contributed by atoms with Gasteiger partial charge in [-0.15, -0.1) is 0 Å². The number of hydrogen-bond donors (Lipinski definition) is 10. The number of hydrogen-bond acceptors (Lipinski definition) is 34. The minimum Gasteiger partial charge on any atom is -0.481 e. The Hall–Kier alpha value is -5.86. The number of aliphatic carboxylic acids is 1. The van der Waals surface area contributed by atoms with Crippen LogP contribution in [-0.2, 0) is 95.8 Å². The van der Waals surface area contributed by atoms with E-state index < -0.39 is 138 Å². The quantitative estimate of drug-likeness (QED) is 0.0329. The number of fused-ring (bicyclic) bond motifs is 4. The van der Waals surface area contributed by atoms with Gasteiger partial charge in [0.15, 0.2) is 70.8 Å². The van der Waals surface area contributed by atoms with Crippen LogP contribution < -0.4 is 22.9 Å². The van der Waals surface area contributed by atoms with Gasteiger partial charge in [-0.1, -0.05) is 0 Å². The van der Waals surface area contributed by atoms with Gasteiger partial charge >= 0.3 is 26.1 Å². The highest BCUT2D eigenvalue weighted by molar-refractivity contribution is 8.07. The van der Waals surface area contributed by atoms with Gasteiger partial charge in [-0.05, 0) is 41.8 Å². The van der Waals surface area contributed by atoms with E-state index in [2.05, 4.69) is 59.8 Å². The second-order valence-electron chi connectivity index (χ2n) is 20.3. The predicted molar refractivity (Wildman–Crippen MR) is 312 cm³/mol. The zero-order chi connectivity index (χ0) is 62.8. The van der Waals surface area contributed by atoms with E-state index in [-0.39, 0.29) is 87.2 Å². The number of nitrogens with zero attached hydrogens (tertiary/aromatic N) is 16. The molecule has 4 saturated heterocycles. The van der Waals surface area contributed by atoms with Gasteiger partial charge in [-0.3, -0.25) is 32.1 Å². The summed E-state index contributed by atoms with van der Waals surface area (Å²) < 4.78 is 79.3.